The molecule has 0 rings (SSSR count). The Morgan fingerprint density at radius 2 is 1.33 bits per heavy atom. The van der Waals surface area contributed by atoms with Crippen LogP contribution < -0.4 is 0 Å². The van der Waals surface area contributed by atoms with Gasteiger partial charge in [-0.2, -0.15) is 0 Å². The predicted octanol–water partition coefficient (Wildman–Crippen LogP) is 0.918. The summed E-state index contributed by atoms with van der Waals surface area (Å²) >= 11 is 0. The average molecular weight is 132 g/mol. The van der Waals surface area contributed by atoms with Gasteiger partial charge < -0.3 is 10.2 Å². The molecule has 0 fully saturated rings. The zero-order valence-corrected chi connectivity index (χ0v) is 6.17. The molecule has 0 aromatic rings. The summed E-state index contributed by atoms with van der Waals surface area (Å²) in [5, 5.41) is 18.0. The minimum absolute atomic E-state index is 0.319. The highest BCUT2D eigenvalue weighted by Gasteiger charge is 2.06. The van der Waals surface area contributed by atoms with Crippen LogP contribution in [-0.2, 0) is 0 Å². The van der Waals surface area contributed by atoms with Crippen molar-refractivity contribution in [2.45, 2.75) is 45.3 Å². The van der Waals surface area contributed by atoms with Gasteiger partial charge in [-0.05, 0) is 19.3 Å². The number of hydrogen-bond donors (Lipinski definition) is 2. The smallest absolute Gasteiger partial charge is 0.0562 e. The Morgan fingerprint density at radius 3 is 1.56 bits per heavy atom. The first kappa shape index (κ1) is 8.92. The fraction of sp³-hybridized carbons (Fsp3) is 1.00. The second kappa shape index (κ2) is 4.77. The summed E-state index contributed by atoms with van der Waals surface area (Å²) in [5.41, 5.74) is 0. The van der Waals surface area contributed by atoms with Gasteiger partial charge in [0.2, 0.25) is 0 Å². The van der Waals surface area contributed by atoms with Gasteiger partial charge in [0, 0.05) is 0 Å². The highest BCUT2D eigenvalue weighted by molar-refractivity contribution is 4.59. The highest BCUT2D eigenvalue weighted by atomic mass is 16.3. The molecular weight excluding hydrogens is 116 g/mol. The molecule has 0 aromatic carbocycles. The molecule has 0 bridgehead atoms. The lowest BCUT2D eigenvalue weighted by Gasteiger charge is -2.11. The molecule has 0 aliphatic carbocycles. The molecule has 0 saturated heterocycles. The maximum atomic E-state index is 9.00. The SMILES string of the molecule is CC[C@@H](O)C[C@H](O)CC. The second-order valence-corrected chi connectivity index (χ2v) is 2.36. The molecule has 9 heavy (non-hydrogen) atoms. The Balaban J connectivity index is 3.22. The van der Waals surface area contributed by atoms with Gasteiger partial charge in [-0.1, -0.05) is 13.8 Å². The molecule has 0 saturated carbocycles. The van der Waals surface area contributed by atoms with Crippen LogP contribution in [0, 0.1) is 0 Å². The quantitative estimate of drug-likeness (QED) is 0.597. The normalized spacial score (nSPS) is 17.3. The third-order valence-electron chi connectivity index (χ3n) is 1.49. The summed E-state index contributed by atoms with van der Waals surface area (Å²) in [4.78, 5) is 0. The summed E-state index contributed by atoms with van der Waals surface area (Å²) in [6.07, 6.45) is 1.35. The lowest BCUT2D eigenvalue weighted by molar-refractivity contribution is 0.0765. The van der Waals surface area contributed by atoms with Crippen LogP contribution in [0.5, 0.6) is 0 Å². The lowest BCUT2D eigenvalue weighted by atomic mass is 10.1. The van der Waals surface area contributed by atoms with Crippen LogP contribution in [0.4, 0.5) is 0 Å². The van der Waals surface area contributed by atoms with E-state index in [1.54, 1.807) is 0 Å². The Morgan fingerprint density at radius 1 is 1.00 bits per heavy atom. The Kier molecular flexibility index (Phi) is 4.72. The maximum absolute atomic E-state index is 9.00. The number of aliphatic hydroxyl groups is 2. The Bertz CT molecular complexity index is 55.9. The fourth-order valence-electron chi connectivity index (χ4n) is 0.647. The van der Waals surface area contributed by atoms with E-state index in [4.69, 9.17) is 10.2 Å². The Labute approximate surface area is 56.5 Å². The predicted molar refractivity (Wildman–Crippen MR) is 37.2 cm³/mol. The van der Waals surface area contributed by atoms with Gasteiger partial charge in [-0.15, -0.1) is 0 Å². The largest absolute Gasteiger partial charge is 0.393 e. The third kappa shape index (κ3) is 4.43. The van der Waals surface area contributed by atoms with Crippen molar-refractivity contribution in [1.82, 2.24) is 0 Å². The van der Waals surface area contributed by atoms with Crippen molar-refractivity contribution < 1.29 is 10.2 Å². The highest BCUT2D eigenvalue weighted by Crippen LogP contribution is 2.03. The van der Waals surface area contributed by atoms with Crippen molar-refractivity contribution in [3.05, 3.63) is 0 Å². The van der Waals surface area contributed by atoms with E-state index in [-0.39, 0.29) is 12.2 Å². The van der Waals surface area contributed by atoms with Gasteiger partial charge in [0.15, 0.2) is 0 Å². The van der Waals surface area contributed by atoms with E-state index in [9.17, 15) is 0 Å². The monoisotopic (exact) mass is 132 g/mol. The van der Waals surface area contributed by atoms with Crippen LogP contribution >= 0.6 is 0 Å². The van der Waals surface area contributed by atoms with Crippen molar-refractivity contribution in [1.29, 1.82) is 0 Å². The fourth-order valence-corrected chi connectivity index (χ4v) is 0.647. The number of hydrogen-bond acceptors (Lipinski definition) is 2. The maximum Gasteiger partial charge on any atom is 0.0562 e. The van der Waals surface area contributed by atoms with Crippen molar-refractivity contribution >= 4 is 0 Å². The minimum Gasteiger partial charge on any atom is -0.393 e. The van der Waals surface area contributed by atoms with Crippen molar-refractivity contribution in [2.24, 2.45) is 0 Å². The van der Waals surface area contributed by atoms with Crippen LogP contribution in [-0.4, -0.2) is 22.4 Å². The van der Waals surface area contributed by atoms with Crippen LogP contribution in [0.25, 0.3) is 0 Å². The first-order chi connectivity index (χ1) is 4.20. The molecule has 0 unspecified atom stereocenters. The molecule has 0 aliphatic heterocycles. The molecule has 0 aromatic heterocycles. The summed E-state index contributed by atoms with van der Waals surface area (Å²) in [5.74, 6) is 0. The zero-order valence-electron chi connectivity index (χ0n) is 6.17. The molecule has 56 valence electrons. The molecule has 0 spiro atoms. The average Bonchev–Trinajstić information content (AvgIpc) is 1.87. The first-order valence-electron chi connectivity index (χ1n) is 3.56. The van der Waals surface area contributed by atoms with E-state index < -0.39 is 0 Å². The second-order valence-electron chi connectivity index (χ2n) is 2.36. The third-order valence-corrected chi connectivity index (χ3v) is 1.49. The molecule has 0 aliphatic rings. The van der Waals surface area contributed by atoms with E-state index in [1.165, 1.54) is 0 Å². The van der Waals surface area contributed by atoms with E-state index in [0.717, 1.165) is 12.8 Å². The van der Waals surface area contributed by atoms with Gasteiger partial charge in [-0.3, -0.25) is 0 Å². The summed E-state index contributed by atoms with van der Waals surface area (Å²) in [7, 11) is 0. The van der Waals surface area contributed by atoms with E-state index >= 15 is 0 Å². The number of rotatable bonds is 4. The molecular formula is C7H16O2. The van der Waals surface area contributed by atoms with Gasteiger partial charge in [0.1, 0.15) is 0 Å². The van der Waals surface area contributed by atoms with Gasteiger partial charge >= 0.3 is 0 Å². The van der Waals surface area contributed by atoms with Crippen molar-refractivity contribution in [3.8, 4) is 0 Å². The topological polar surface area (TPSA) is 40.5 Å². The molecule has 0 amide bonds. The van der Waals surface area contributed by atoms with Crippen molar-refractivity contribution in [3.63, 3.8) is 0 Å². The minimum atomic E-state index is -0.319. The summed E-state index contributed by atoms with van der Waals surface area (Å²) < 4.78 is 0. The Hall–Kier alpha value is -0.0800. The van der Waals surface area contributed by atoms with Gasteiger partial charge in [0.05, 0.1) is 12.2 Å². The molecule has 0 heterocycles. The summed E-state index contributed by atoms with van der Waals surface area (Å²) in [6, 6.07) is 0. The van der Waals surface area contributed by atoms with Crippen LogP contribution in [0.2, 0.25) is 0 Å². The standard InChI is InChI=1S/C7H16O2/c1-3-6(8)5-7(9)4-2/h6-9H,3-5H2,1-2H3/t6-,7-/m1/s1. The van der Waals surface area contributed by atoms with Gasteiger partial charge in [-0.25, -0.2) is 0 Å². The van der Waals surface area contributed by atoms with Crippen LogP contribution in [0.15, 0.2) is 0 Å². The molecule has 2 N–H and O–H groups in total. The molecule has 0 radical (unpaired) electrons. The zero-order chi connectivity index (χ0) is 7.28. The summed E-state index contributed by atoms with van der Waals surface area (Å²) in [6.45, 7) is 3.82. The molecule has 2 nitrogen and oxygen atoms in total. The van der Waals surface area contributed by atoms with Crippen LogP contribution in [0.1, 0.15) is 33.1 Å². The van der Waals surface area contributed by atoms with E-state index in [0.29, 0.717) is 6.42 Å². The number of aliphatic hydroxyl groups excluding tert-OH is 2. The molecule has 2 atom stereocenters. The van der Waals surface area contributed by atoms with Crippen molar-refractivity contribution in [2.75, 3.05) is 0 Å². The first-order valence-corrected chi connectivity index (χ1v) is 3.56. The van der Waals surface area contributed by atoms with Gasteiger partial charge in [0.25, 0.3) is 0 Å². The molecule has 2 heteroatoms. The lowest BCUT2D eigenvalue weighted by Crippen LogP contribution is -2.15. The van der Waals surface area contributed by atoms with E-state index in [1.807, 2.05) is 13.8 Å². The van der Waals surface area contributed by atoms with Crippen LogP contribution in [0.3, 0.4) is 0 Å². The van der Waals surface area contributed by atoms with E-state index in [2.05, 4.69) is 0 Å².